The van der Waals surface area contributed by atoms with Crippen LogP contribution in [0.3, 0.4) is 0 Å². The van der Waals surface area contributed by atoms with Gasteiger partial charge >= 0.3 is 0 Å². The molecule has 50 heavy (non-hydrogen) atoms. The van der Waals surface area contributed by atoms with Crippen LogP contribution in [0.1, 0.15) is 116 Å². The number of rotatable bonds is 14. The predicted octanol–water partition coefficient (Wildman–Crippen LogP) is 13.1. The van der Waals surface area contributed by atoms with E-state index in [9.17, 15) is 0 Å². The first-order valence-corrected chi connectivity index (χ1v) is 22.8. The topological polar surface area (TPSA) is 38.9 Å². The monoisotopic (exact) mass is 682 g/mol. The molecule has 6 rings (SSSR count). The standard InChI is InChI=1S/C46H58N2OSi/c1-9-11-13-15-29-46(30-16-14-12-10-2)41-31-36(23-27-39(41)40-28-26-38(32-42(40)46)50(6,7)8)33-17-19-34(20-18-33)43-47-48-44(49-43)35-21-24-37(25-22-35)45(3,4)5/h17-28,31-32H,9-16,29-30H2,1-8H3. The second-order valence-electron chi connectivity index (χ2n) is 16.8. The fraction of sp³-hybridized carbons (Fsp3) is 0.435. The number of hydrogen-bond acceptors (Lipinski definition) is 3. The van der Waals surface area contributed by atoms with Gasteiger partial charge < -0.3 is 4.42 Å². The van der Waals surface area contributed by atoms with Gasteiger partial charge in [0.15, 0.2) is 0 Å². The average molecular weight is 683 g/mol. The molecular formula is C46H58N2OSi. The van der Waals surface area contributed by atoms with Crippen LogP contribution in [-0.2, 0) is 10.8 Å². The third kappa shape index (κ3) is 7.47. The lowest BCUT2D eigenvalue weighted by molar-refractivity contribution is 0.401. The normalized spacial score (nSPS) is 13.8. The third-order valence-corrected chi connectivity index (χ3v) is 13.1. The Morgan fingerprint density at radius 2 is 1.04 bits per heavy atom. The summed E-state index contributed by atoms with van der Waals surface area (Å²) in [4.78, 5) is 0. The highest BCUT2D eigenvalue weighted by atomic mass is 28.3. The summed E-state index contributed by atoms with van der Waals surface area (Å²) in [5.41, 5.74) is 11.9. The molecule has 0 radical (unpaired) electrons. The zero-order chi connectivity index (χ0) is 35.5. The van der Waals surface area contributed by atoms with Gasteiger partial charge in [0.25, 0.3) is 0 Å². The Morgan fingerprint density at radius 1 is 0.560 bits per heavy atom. The number of hydrogen-bond donors (Lipinski definition) is 0. The largest absolute Gasteiger partial charge is 0.416 e. The molecule has 0 spiro atoms. The molecule has 0 bridgehead atoms. The molecule has 4 aromatic carbocycles. The number of benzene rings is 4. The first kappa shape index (κ1) is 36.0. The van der Waals surface area contributed by atoms with Crippen LogP contribution in [0, 0.1) is 0 Å². The minimum Gasteiger partial charge on any atom is -0.416 e. The molecule has 1 aliphatic rings. The van der Waals surface area contributed by atoms with E-state index in [1.807, 2.05) is 0 Å². The van der Waals surface area contributed by atoms with E-state index >= 15 is 0 Å². The Kier molecular flexibility index (Phi) is 10.7. The Bertz CT molecular complexity index is 1870. The zero-order valence-electron chi connectivity index (χ0n) is 32.0. The molecule has 0 fully saturated rings. The van der Waals surface area contributed by atoms with Gasteiger partial charge in [0.05, 0.1) is 8.07 Å². The summed E-state index contributed by atoms with van der Waals surface area (Å²) in [5.74, 6) is 1.10. The highest BCUT2D eigenvalue weighted by Crippen LogP contribution is 2.55. The number of aromatic nitrogens is 2. The van der Waals surface area contributed by atoms with Crippen LogP contribution in [-0.4, -0.2) is 18.3 Å². The van der Waals surface area contributed by atoms with Gasteiger partial charge in [-0.3, -0.25) is 0 Å². The van der Waals surface area contributed by atoms with Crippen LogP contribution in [0.4, 0.5) is 0 Å². The maximum Gasteiger partial charge on any atom is 0.248 e. The van der Waals surface area contributed by atoms with Crippen LogP contribution in [0.5, 0.6) is 0 Å². The third-order valence-electron chi connectivity index (χ3n) is 11.0. The van der Waals surface area contributed by atoms with E-state index < -0.39 is 8.07 Å². The second kappa shape index (κ2) is 14.8. The van der Waals surface area contributed by atoms with Gasteiger partial charge in [-0.15, -0.1) is 10.2 Å². The molecule has 1 aromatic heterocycles. The van der Waals surface area contributed by atoms with Gasteiger partial charge in [0.1, 0.15) is 0 Å². The molecule has 4 heteroatoms. The van der Waals surface area contributed by atoms with Crippen molar-refractivity contribution in [1.29, 1.82) is 0 Å². The summed E-state index contributed by atoms with van der Waals surface area (Å²) in [6.45, 7) is 18.8. The molecule has 0 amide bonds. The predicted molar refractivity (Wildman–Crippen MR) is 216 cm³/mol. The molecule has 0 atom stereocenters. The molecule has 5 aromatic rings. The maximum atomic E-state index is 6.17. The minimum absolute atomic E-state index is 0.0724. The van der Waals surface area contributed by atoms with E-state index in [0.29, 0.717) is 11.8 Å². The van der Waals surface area contributed by atoms with Crippen molar-refractivity contribution in [2.45, 2.75) is 129 Å². The Balaban J connectivity index is 1.33. The van der Waals surface area contributed by atoms with Crippen molar-refractivity contribution in [2.24, 2.45) is 0 Å². The summed E-state index contributed by atoms with van der Waals surface area (Å²) in [7, 11) is -1.47. The number of nitrogens with zero attached hydrogens (tertiary/aromatic N) is 2. The fourth-order valence-corrected chi connectivity index (χ4v) is 9.05. The van der Waals surface area contributed by atoms with Crippen LogP contribution < -0.4 is 5.19 Å². The highest BCUT2D eigenvalue weighted by molar-refractivity contribution is 6.88. The molecule has 0 unspecified atom stereocenters. The summed E-state index contributed by atoms with van der Waals surface area (Å²) in [6, 6.07) is 32.0. The van der Waals surface area contributed by atoms with Gasteiger partial charge in [0.2, 0.25) is 11.8 Å². The van der Waals surface area contributed by atoms with Crippen molar-refractivity contribution >= 4 is 13.3 Å². The molecule has 0 saturated heterocycles. The van der Waals surface area contributed by atoms with Crippen LogP contribution in [0.2, 0.25) is 19.6 Å². The van der Waals surface area contributed by atoms with Crippen molar-refractivity contribution in [1.82, 2.24) is 10.2 Å². The van der Waals surface area contributed by atoms with E-state index in [-0.39, 0.29) is 10.8 Å². The van der Waals surface area contributed by atoms with E-state index in [1.165, 1.54) is 92.0 Å². The fourth-order valence-electron chi connectivity index (χ4n) is 7.89. The second-order valence-corrected chi connectivity index (χ2v) is 21.9. The molecular weight excluding hydrogens is 625 g/mol. The summed E-state index contributed by atoms with van der Waals surface area (Å²) < 4.78 is 6.17. The summed E-state index contributed by atoms with van der Waals surface area (Å²) in [6.07, 6.45) is 12.8. The highest BCUT2D eigenvalue weighted by Gasteiger charge is 2.43. The van der Waals surface area contributed by atoms with E-state index in [4.69, 9.17) is 4.42 Å². The van der Waals surface area contributed by atoms with Crippen LogP contribution in [0.25, 0.3) is 45.2 Å². The lowest BCUT2D eigenvalue weighted by Crippen LogP contribution is -2.38. The van der Waals surface area contributed by atoms with Crippen molar-refractivity contribution in [3.05, 3.63) is 102 Å². The zero-order valence-corrected chi connectivity index (χ0v) is 33.0. The Labute approximate surface area is 303 Å². The van der Waals surface area contributed by atoms with Crippen molar-refractivity contribution < 1.29 is 4.42 Å². The Morgan fingerprint density at radius 3 is 1.56 bits per heavy atom. The smallest absolute Gasteiger partial charge is 0.248 e. The van der Waals surface area contributed by atoms with Gasteiger partial charge in [-0.05, 0) is 87.5 Å². The SMILES string of the molecule is CCCCCCC1(CCCCCC)c2cc(-c3ccc(-c4nnc(-c5ccc(C(C)(C)C)cc5)o4)cc3)ccc2-c2ccc([Si](C)(C)C)cc21. The van der Waals surface area contributed by atoms with Gasteiger partial charge in [-0.1, -0.05) is 165 Å². The molecule has 1 heterocycles. The van der Waals surface area contributed by atoms with Crippen LogP contribution in [0.15, 0.2) is 89.3 Å². The molecule has 1 aliphatic carbocycles. The molecule has 262 valence electrons. The average Bonchev–Trinajstić information content (AvgIpc) is 3.70. The van der Waals surface area contributed by atoms with Gasteiger partial charge in [-0.2, -0.15) is 0 Å². The molecule has 3 nitrogen and oxygen atoms in total. The Hall–Kier alpha value is -3.76. The van der Waals surface area contributed by atoms with E-state index in [0.717, 1.165) is 11.1 Å². The number of fused-ring (bicyclic) bond motifs is 3. The lowest BCUT2D eigenvalue weighted by Gasteiger charge is -2.34. The van der Waals surface area contributed by atoms with Crippen molar-refractivity contribution in [3.63, 3.8) is 0 Å². The molecule has 0 aliphatic heterocycles. The van der Waals surface area contributed by atoms with Gasteiger partial charge in [-0.25, -0.2) is 0 Å². The number of unbranched alkanes of at least 4 members (excludes halogenated alkanes) is 6. The van der Waals surface area contributed by atoms with Crippen LogP contribution >= 0.6 is 0 Å². The van der Waals surface area contributed by atoms with Crippen molar-refractivity contribution in [3.8, 4) is 45.2 Å². The summed E-state index contributed by atoms with van der Waals surface area (Å²) >= 11 is 0. The van der Waals surface area contributed by atoms with Gasteiger partial charge in [0, 0.05) is 16.5 Å². The summed E-state index contributed by atoms with van der Waals surface area (Å²) in [5, 5.41) is 10.4. The first-order valence-electron chi connectivity index (χ1n) is 19.3. The quantitative estimate of drug-likeness (QED) is 0.0864. The first-order chi connectivity index (χ1) is 23.9. The van der Waals surface area contributed by atoms with E-state index in [2.05, 4.69) is 149 Å². The lowest BCUT2D eigenvalue weighted by atomic mass is 9.70. The van der Waals surface area contributed by atoms with E-state index in [1.54, 1.807) is 16.3 Å². The minimum atomic E-state index is -1.47. The maximum absolute atomic E-state index is 6.17. The van der Waals surface area contributed by atoms with Crippen molar-refractivity contribution in [2.75, 3.05) is 0 Å². The molecule has 0 N–H and O–H groups in total. The molecule has 0 saturated carbocycles.